The van der Waals surface area contributed by atoms with Crippen molar-refractivity contribution in [2.45, 2.75) is 44.2 Å². The molecule has 1 unspecified atom stereocenters. The van der Waals surface area contributed by atoms with Gasteiger partial charge in [-0.25, -0.2) is 13.1 Å². The molecule has 2 N–H and O–H groups in total. The highest BCUT2D eigenvalue weighted by atomic mass is 32.2. The van der Waals surface area contributed by atoms with Crippen LogP contribution in [0.5, 0.6) is 0 Å². The van der Waals surface area contributed by atoms with Gasteiger partial charge in [0.05, 0.1) is 24.7 Å². The van der Waals surface area contributed by atoms with E-state index < -0.39 is 15.6 Å². The molecule has 1 aliphatic heterocycles. The number of likely N-dealkylation sites (tertiary alicyclic amines) is 1. The molecule has 2 rings (SSSR count). The van der Waals surface area contributed by atoms with E-state index in [1.807, 2.05) is 32.9 Å². The van der Waals surface area contributed by atoms with Crippen LogP contribution in [0.4, 0.5) is 0 Å². The first-order chi connectivity index (χ1) is 14.2. The Morgan fingerprint density at radius 1 is 1.27 bits per heavy atom. The largest absolute Gasteiger partial charge is 0.382 e. The second kappa shape index (κ2) is 11.1. The predicted octanol–water partition coefficient (Wildman–Crippen LogP) is 1.82. The molecule has 170 valence electrons. The van der Waals surface area contributed by atoms with Gasteiger partial charge >= 0.3 is 0 Å². The minimum atomic E-state index is -3.62. The number of nitrogens with zero attached hydrogens (tertiary/aromatic N) is 2. The summed E-state index contributed by atoms with van der Waals surface area (Å²) < 4.78 is 39.0. The van der Waals surface area contributed by atoms with E-state index in [0.29, 0.717) is 37.8 Å². The van der Waals surface area contributed by atoms with Gasteiger partial charge in [-0.05, 0) is 38.8 Å². The van der Waals surface area contributed by atoms with Crippen LogP contribution in [0.1, 0.15) is 32.8 Å². The SMILES string of the molecule is CN=C(NCc1ccccc1S(=O)(=O)NC(C)(C)C)N1CCC(COCCOC)C1. The highest BCUT2D eigenvalue weighted by Crippen LogP contribution is 2.19. The average molecular weight is 441 g/mol. The third kappa shape index (κ3) is 7.54. The number of guanidine groups is 1. The van der Waals surface area contributed by atoms with Crippen molar-refractivity contribution in [2.24, 2.45) is 10.9 Å². The van der Waals surface area contributed by atoms with Crippen molar-refractivity contribution in [3.05, 3.63) is 29.8 Å². The highest BCUT2D eigenvalue weighted by Gasteiger charge is 2.26. The summed E-state index contributed by atoms with van der Waals surface area (Å²) in [4.78, 5) is 6.86. The van der Waals surface area contributed by atoms with Crippen molar-refractivity contribution in [2.75, 3.05) is 47.1 Å². The molecule has 1 aromatic carbocycles. The summed E-state index contributed by atoms with van der Waals surface area (Å²) in [6.45, 7) is 9.53. The number of aliphatic imine (C=N–C) groups is 1. The molecule has 30 heavy (non-hydrogen) atoms. The second-order valence-corrected chi connectivity index (χ2v) is 10.2. The minimum absolute atomic E-state index is 0.286. The summed E-state index contributed by atoms with van der Waals surface area (Å²) in [5, 5.41) is 3.32. The molecule has 0 saturated carbocycles. The number of sulfonamides is 1. The maximum atomic E-state index is 12.8. The fourth-order valence-electron chi connectivity index (χ4n) is 3.43. The number of hydrogen-bond acceptors (Lipinski definition) is 5. The van der Waals surface area contributed by atoms with Gasteiger partial charge in [-0.15, -0.1) is 0 Å². The smallest absolute Gasteiger partial charge is 0.241 e. The van der Waals surface area contributed by atoms with Crippen LogP contribution in [0.15, 0.2) is 34.2 Å². The van der Waals surface area contributed by atoms with Crippen molar-refractivity contribution >= 4 is 16.0 Å². The number of nitrogens with one attached hydrogen (secondary N) is 2. The summed E-state index contributed by atoms with van der Waals surface area (Å²) in [6.07, 6.45) is 1.04. The van der Waals surface area contributed by atoms with E-state index in [1.54, 1.807) is 26.3 Å². The molecule has 1 saturated heterocycles. The first-order valence-electron chi connectivity index (χ1n) is 10.3. The number of rotatable bonds is 9. The van der Waals surface area contributed by atoms with Crippen molar-refractivity contribution < 1.29 is 17.9 Å². The monoisotopic (exact) mass is 440 g/mol. The molecule has 0 radical (unpaired) electrons. The molecular formula is C21H36N4O4S. The molecule has 1 fully saturated rings. The molecule has 0 spiro atoms. The van der Waals surface area contributed by atoms with Crippen LogP contribution >= 0.6 is 0 Å². The zero-order chi connectivity index (χ0) is 22.2. The lowest BCUT2D eigenvalue weighted by Gasteiger charge is -2.24. The van der Waals surface area contributed by atoms with Gasteiger partial charge in [0.25, 0.3) is 0 Å². The summed E-state index contributed by atoms with van der Waals surface area (Å²) in [6, 6.07) is 7.05. The summed E-state index contributed by atoms with van der Waals surface area (Å²) in [5.41, 5.74) is 0.153. The molecule has 1 aromatic rings. The van der Waals surface area contributed by atoms with Crippen LogP contribution < -0.4 is 10.0 Å². The summed E-state index contributed by atoms with van der Waals surface area (Å²) in [5.74, 6) is 1.22. The molecule has 9 heteroatoms. The lowest BCUT2D eigenvalue weighted by molar-refractivity contribution is 0.0536. The van der Waals surface area contributed by atoms with Crippen molar-refractivity contribution in [3.63, 3.8) is 0 Å². The van der Waals surface area contributed by atoms with Gasteiger partial charge in [0.1, 0.15) is 0 Å². The van der Waals surface area contributed by atoms with E-state index in [0.717, 1.165) is 25.5 Å². The molecule has 0 bridgehead atoms. The van der Waals surface area contributed by atoms with Crippen LogP contribution in [0.25, 0.3) is 0 Å². The summed E-state index contributed by atoms with van der Waals surface area (Å²) in [7, 11) is -0.206. The van der Waals surface area contributed by atoms with Crippen LogP contribution in [0, 0.1) is 5.92 Å². The Hall–Kier alpha value is -1.68. The normalized spacial score (nSPS) is 18.1. The van der Waals surface area contributed by atoms with Gasteiger partial charge < -0.3 is 19.7 Å². The highest BCUT2D eigenvalue weighted by molar-refractivity contribution is 7.89. The number of benzene rings is 1. The lowest BCUT2D eigenvalue weighted by Crippen LogP contribution is -2.42. The molecule has 1 aliphatic rings. The Morgan fingerprint density at radius 2 is 2.00 bits per heavy atom. The van der Waals surface area contributed by atoms with Gasteiger partial charge in [-0.1, -0.05) is 18.2 Å². The number of hydrogen-bond donors (Lipinski definition) is 2. The van der Waals surface area contributed by atoms with E-state index in [9.17, 15) is 8.42 Å². The van der Waals surface area contributed by atoms with E-state index in [2.05, 4.69) is 19.9 Å². The molecule has 8 nitrogen and oxygen atoms in total. The van der Waals surface area contributed by atoms with Crippen LogP contribution in [0.2, 0.25) is 0 Å². The van der Waals surface area contributed by atoms with Crippen molar-refractivity contribution in [3.8, 4) is 0 Å². The summed E-state index contributed by atoms with van der Waals surface area (Å²) >= 11 is 0. The first kappa shape index (κ1) is 24.6. The predicted molar refractivity (Wildman–Crippen MR) is 119 cm³/mol. The third-order valence-electron chi connectivity index (χ3n) is 4.72. The van der Waals surface area contributed by atoms with Crippen LogP contribution in [-0.4, -0.2) is 71.9 Å². The van der Waals surface area contributed by atoms with Gasteiger partial charge in [-0.3, -0.25) is 4.99 Å². The van der Waals surface area contributed by atoms with Crippen LogP contribution in [0.3, 0.4) is 0 Å². The number of ether oxygens (including phenoxy) is 2. The Balaban J connectivity index is 1.98. The first-order valence-corrected chi connectivity index (χ1v) is 11.8. The zero-order valence-corrected chi connectivity index (χ0v) is 19.6. The topological polar surface area (TPSA) is 92.3 Å². The molecule has 0 aliphatic carbocycles. The Bertz CT molecular complexity index is 805. The maximum Gasteiger partial charge on any atom is 0.241 e. The molecule has 0 aromatic heterocycles. The quantitative estimate of drug-likeness (QED) is 0.346. The van der Waals surface area contributed by atoms with Gasteiger partial charge in [-0.2, -0.15) is 0 Å². The van der Waals surface area contributed by atoms with E-state index in [1.165, 1.54) is 0 Å². The van der Waals surface area contributed by atoms with Gasteiger partial charge in [0, 0.05) is 45.2 Å². The van der Waals surface area contributed by atoms with E-state index in [-0.39, 0.29) is 4.90 Å². The molecular weight excluding hydrogens is 404 g/mol. The van der Waals surface area contributed by atoms with Crippen molar-refractivity contribution in [1.82, 2.24) is 14.9 Å². The zero-order valence-electron chi connectivity index (χ0n) is 18.8. The molecule has 1 heterocycles. The van der Waals surface area contributed by atoms with Gasteiger partial charge in [0.15, 0.2) is 5.96 Å². The lowest BCUT2D eigenvalue weighted by atomic mass is 10.1. The second-order valence-electron chi connectivity index (χ2n) is 8.53. The Kier molecular flexibility index (Phi) is 9.09. The third-order valence-corrected chi connectivity index (χ3v) is 6.58. The molecule has 1 atom stereocenters. The molecule has 0 amide bonds. The maximum absolute atomic E-state index is 12.8. The fourth-order valence-corrected chi connectivity index (χ4v) is 5.09. The minimum Gasteiger partial charge on any atom is -0.382 e. The van der Waals surface area contributed by atoms with E-state index >= 15 is 0 Å². The van der Waals surface area contributed by atoms with E-state index in [4.69, 9.17) is 9.47 Å². The van der Waals surface area contributed by atoms with Gasteiger partial charge in [0.2, 0.25) is 10.0 Å². The Labute approximate surface area is 181 Å². The Morgan fingerprint density at radius 3 is 2.67 bits per heavy atom. The van der Waals surface area contributed by atoms with Crippen LogP contribution in [-0.2, 0) is 26.0 Å². The standard InChI is InChI=1S/C21H36N4O4S/c1-21(2,3)24-30(26,27)19-9-7-6-8-18(19)14-23-20(22-4)25-11-10-17(15-25)16-29-13-12-28-5/h6-9,17,24H,10-16H2,1-5H3,(H,22,23). The fraction of sp³-hybridized carbons (Fsp3) is 0.667. The average Bonchev–Trinajstić information content (AvgIpc) is 3.13. The number of methoxy groups -OCH3 is 1. The van der Waals surface area contributed by atoms with Crippen molar-refractivity contribution in [1.29, 1.82) is 0 Å².